The fourth-order valence-electron chi connectivity index (χ4n) is 1.37. The fraction of sp³-hybridized carbons (Fsp3) is 0.455. The highest BCUT2D eigenvalue weighted by Gasteiger charge is 2.07. The lowest BCUT2D eigenvalue weighted by atomic mass is 10.1. The number of rotatable bonds is 5. The zero-order chi connectivity index (χ0) is 11.3. The van der Waals surface area contributed by atoms with Crippen LogP contribution in [0, 0.1) is 0 Å². The van der Waals surface area contributed by atoms with Crippen LogP contribution in [0.4, 0.5) is 0 Å². The van der Waals surface area contributed by atoms with Crippen LogP contribution in [0.2, 0.25) is 0 Å². The summed E-state index contributed by atoms with van der Waals surface area (Å²) in [5.41, 5.74) is 6.67. The van der Waals surface area contributed by atoms with E-state index in [0.29, 0.717) is 17.9 Å². The lowest BCUT2D eigenvalue weighted by Crippen LogP contribution is -2.26. The predicted octanol–water partition coefficient (Wildman–Crippen LogP) is 0.988. The molecule has 0 unspecified atom stereocenters. The van der Waals surface area contributed by atoms with Crippen molar-refractivity contribution in [3.8, 4) is 11.5 Å². The van der Waals surface area contributed by atoms with Crippen molar-refractivity contribution < 1.29 is 14.6 Å². The van der Waals surface area contributed by atoms with Crippen molar-refractivity contribution in [3.05, 3.63) is 23.8 Å². The van der Waals surface area contributed by atoms with Crippen LogP contribution >= 0.6 is 12.4 Å². The standard InChI is InChI=1S/C11H17NO3.ClH/c1-14-10-4-3-8(5-9(12)7-13)6-11(10)15-2;/h3-4,6,9,13H,5,7,12H2,1-2H3;1H/t9-;/m0./s1. The molecular weight excluding hydrogens is 230 g/mol. The van der Waals surface area contributed by atoms with Crippen molar-refractivity contribution in [1.29, 1.82) is 0 Å². The SMILES string of the molecule is COc1ccc(C[C@H](N)CO)cc1OC.Cl. The predicted molar refractivity (Wildman–Crippen MR) is 65.6 cm³/mol. The van der Waals surface area contributed by atoms with Crippen molar-refractivity contribution in [2.45, 2.75) is 12.5 Å². The number of aliphatic hydroxyl groups excluding tert-OH is 1. The molecule has 0 saturated carbocycles. The Bertz CT molecular complexity index is 320. The third kappa shape index (κ3) is 3.89. The topological polar surface area (TPSA) is 64.7 Å². The first-order valence-electron chi connectivity index (χ1n) is 4.78. The number of benzene rings is 1. The van der Waals surface area contributed by atoms with E-state index in [9.17, 15) is 0 Å². The van der Waals surface area contributed by atoms with E-state index in [2.05, 4.69) is 0 Å². The van der Waals surface area contributed by atoms with Gasteiger partial charge in [-0.1, -0.05) is 6.07 Å². The molecule has 0 aliphatic rings. The van der Waals surface area contributed by atoms with Gasteiger partial charge in [-0.25, -0.2) is 0 Å². The van der Waals surface area contributed by atoms with Crippen LogP contribution in [0.3, 0.4) is 0 Å². The second kappa shape index (κ2) is 7.33. The normalized spacial score (nSPS) is 11.5. The van der Waals surface area contributed by atoms with Gasteiger partial charge in [-0.2, -0.15) is 0 Å². The maximum Gasteiger partial charge on any atom is 0.160 e. The highest BCUT2D eigenvalue weighted by atomic mass is 35.5. The first-order valence-corrected chi connectivity index (χ1v) is 4.78. The Hall–Kier alpha value is -0.970. The molecule has 3 N–H and O–H groups in total. The summed E-state index contributed by atoms with van der Waals surface area (Å²) in [7, 11) is 3.19. The fourth-order valence-corrected chi connectivity index (χ4v) is 1.37. The van der Waals surface area contributed by atoms with Gasteiger partial charge in [0.1, 0.15) is 0 Å². The molecule has 4 nitrogen and oxygen atoms in total. The van der Waals surface area contributed by atoms with E-state index in [1.807, 2.05) is 18.2 Å². The van der Waals surface area contributed by atoms with Gasteiger partial charge in [0.2, 0.25) is 0 Å². The number of hydrogen-bond donors (Lipinski definition) is 2. The van der Waals surface area contributed by atoms with Crippen LogP contribution in [-0.4, -0.2) is 32.0 Å². The van der Waals surface area contributed by atoms with Crippen molar-refractivity contribution in [3.63, 3.8) is 0 Å². The molecule has 0 fully saturated rings. The van der Waals surface area contributed by atoms with Gasteiger partial charge in [0.05, 0.1) is 20.8 Å². The Morgan fingerprint density at radius 3 is 2.38 bits per heavy atom. The summed E-state index contributed by atoms with van der Waals surface area (Å²) in [6.07, 6.45) is 0.622. The number of aliphatic hydroxyl groups is 1. The van der Waals surface area contributed by atoms with Gasteiger partial charge in [-0.3, -0.25) is 0 Å². The van der Waals surface area contributed by atoms with E-state index in [1.54, 1.807) is 14.2 Å². The van der Waals surface area contributed by atoms with E-state index in [-0.39, 0.29) is 25.1 Å². The van der Waals surface area contributed by atoms with Crippen molar-refractivity contribution in [1.82, 2.24) is 0 Å². The highest BCUT2D eigenvalue weighted by Crippen LogP contribution is 2.27. The van der Waals surface area contributed by atoms with Crippen LogP contribution in [0.1, 0.15) is 5.56 Å². The summed E-state index contributed by atoms with van der Waals surface area (Å²) in [5, 5.41) is 8.84. The smallest absolute Gasteiger partial charge is 0.160 e. The van der Waals surface area contributed by atoms with E-state index in [4.69, 9.17) is 20.3 Å². The van der Waals surface area contributed by atoms with E-state index in [1.165, 1.54) is 0 Å². The zero-order valence-corrected chi connectivity index (χ0v) is 10.3. The number of nitrogens with two attached hydrogens (primary N) is 1. The molecule has 0 radical (unpaired) electrons. The summed E-state index contributed by atoms with van der Waals surface area (Å²) in [6, 6.07) is 5.38. The minimum atomic E-state index is -0.233. The zero-order valence-electron chi connectivity index (χ0n) is 9.47. The first-order chi connectivity index (χ1) is 7.21. The summed E-state index contributed by atoms with van der Waals surface area (Å²) >= 11 is 0. The van der Waals surface area contributed by atoms with Crippen molar-refractivity contribution >= 4 is 12.4 Å². The third-order valence-electron chi connectivity index (χ3n) is 2.18. The Labute approximate surface area is 102 Å². The molecule has 0 aliphatic carbocycles. The molecule has 1 rings (SSSR count). The van der Waals surface area contributed by atoms with Crippen LogP contribution in [0.5, 0.6) is 11.5 Å². The molecule has 1 aromatic carbocycles. The molecular formula is C11H18ClNO3. The van der Waals surface area contributed by atoms with Gasteiger partial charge in [0.25, 0.3) is 0 Å². The Kier molecular flexibility index (Phi) is 6.88. The third-order valence-corrected chi connectivity index (χ3v) is 2.18. The second-order valence-electron chi connectivity index (χ2n) is 3.34. The molecule has 0 spiro atoms. The Morgan fingerprint density at radius 1 is 1.25 bits per heavy atom. The summed E-state index contributed by atoms with van der Waals surface area (Å²) < 4.78 is 10.3. The molecule has 5 heteroatoms. The molecule has 92 valence electrons. The summed E-state index contributed by atoms with van der Waals surface area (Å²) in [4.78, 5) is 0. The Balaban J connectivity index is 0.00000225. The van der Waals surface area contributed by atoms with Crippen LogP contribution < -0.4 is 15.2 Å². The largest absolute Gasteiger partial charge is 0.493 e. The summed E-state index contributed by atoms with van der Waals surface area (Å²) in [5.74, 6) is 1.37. The van der Waals surface area contributed by atoms with Gasteiger partial charge in [-0.15, -0.1) is 12.4 Å². The monoisotopic (exact) mass is 247 g/mol. The number of methoxy groups -OCH3 is 2. The molecule has 0 amide bonds. The van der Waals surface area contributed by atoms with E-state index >= 15 is 0 Å². The molecule has 0 saturated heterocycles. The molecule has 0 heterocycles. The maximum absolute atomic E-state index is 8.84. The van der Waals surface area contributed by atoms with Gasteiger partial charge in [0, 0.05) is 6.04 Å². The quantitative estimate of drug-likeness (QED) is 0.815. The van der Waals surface area contributed by atoms with Crippen molar-refractivity contribution in [2.75, 3.05) is 20.8 Å². The first kappa shape index (κ1) is 15.0. The molecule has 0 bridgehead atoms. The minimum Gasteiger partial charge on any atom is -0.493 e. The van der Waals surface area contributed by atoms with E-state index < -0.39 is 0 Å². The van der Waals surface area contributed by atoms with Crippen LogP contribution in [-0.2, 0) is 6.42 Å². The molecule has 1 aromatic rings. The van der Waals surface area contributed by atoms with Crippen LogP contribution in [0.25, 0.3) is 0 Å². The van der Waals surface area contributed by atoms with Crippen LogP contribution in [0.15, 0.2) is 18.2 Å². The second-order valence-corrected chi connectivity index (χ2v) is 3.34. The number of hydrogen-bond acceptors (Lipinski definition) is 4. The maximum atomic E-state index is 8.84. The average Bonchev–Trinajstić information content (AvgIpc) is 2.28. The van der Waals surface area contributed by atoms with Gasteiger partial charge >= 0.3 is 0 Å². The average molecular weight is 248 g/mol. The number of halogens is 1. The molecule has 0 aromatic heterocycles. The lowest BCUT2D eigenvalue weighted by Gasteiger charge is -2.11. The lowest BCUT2D eigenvalue weighted by molar-refractivity contribution is 0.265. The van der Waals surface area contributed by atoms with Gasteiger partial charge in [-0.05, 0) is 24.1 Å². The summed E-state index contributed by atoms with van der Waals surface area (Å²) in [6.45, 7) is -0.0195. The minimum absolute atomic E-state index is 0. The van der Waals surface area contributed by atoms with Gasteiger partial charge in [0.15, 0.2) is 11.5 Å². The Morgan fingerprint density at radius 2 is 1.88 bits per heavy atom. The molecule has 1 atom stereocenters. The van der Waals surface area contributed by atoms with E-state index in [0.717, 1.165) is 5.56 Å². The number of ether oxygens (including phenoxy) is 2. The van der Waals surface area contributed by atoms with Gasteiger partial charge < -0.3 is 20.3 Å². The van der Waals surface area contributed by atoms with Crippen molar-refractivity contribution in [2.24, 2.45) is 5.73 Å². The molecule has 0 aliphatic heterocycles. The molecule has 16 heavy (non-hydrogen) atoms. The highest BCUT2D eigenvalue weighted by molar-refractivity contribution is 5.85.